The molecule has 0 N–H and O–H groups in total. The number of anilines is 1. The molecular weight excluding hydrogens is 314 g/mol. The molecule has 1 aromatic heterocycles. The van der Waals surface area contributed by atoms with Crippen molar-refractivity contribution >= 4 is 34.3 Å². The van der Waals surface area contributed by atoms with Gasteiger partial charge in [0.1, 0.15) is 0 Å². The van der Waals surface area contributed by atoms with E-state index in [1.165, 1.54) is 0 Å². The van der Waals surface area contributed by atoms with Crippen LogP contribution < -0.4 is 5.01 Å². The Balaban J connectivity index is 1.74. The van der Waals surface area contributed by atoms with E-state index in [0.29, 0.717) is 0 Å². The van der Waals surface area contributed by atoms with Crippen LogP contribution >= 0.6 is 22.9 Å². The fourth-order valence-corrected chi connectivity index (χ4v) is 2.79. The van der Waals surface area contributed by atoms with Crippen molar-refractivity contribution in [2.45, 2.75) is 0 Å². The minimum absolute atomic E-state index is 0.720. The van der Waals surface area contributed by atoms with Crippen molar-refractivity contribution in [2.75, 3.05) is 12.1 Å². The third-order valence-electron chi connectivity index (χ3n) is 3.09. The smallest absolute Gasteiger partial charge is 0.206 e. The van der Waals surface area contributed by atoms with E-state index in [0.717, 1.165) is 27.0 Å². The Kier molecular flexibility index (Phi) is 4.51. The number of halogens is 1. The minimum Gasteiger partial charge on any atom is -0.242 e. The molecule has 0 fully saturated rings. The lowest BCUT2D eigenvalue weighted by atomic mass is 10.2. The lowest BCUT2D eigenvalue weighted by Gasteiger charge is -2.07. The minimum atomic E-state index is 0.720. The van der Waals surface area contributed by atoms with Crippen molar-refractivity contribution in [3.05, 3.63) is 70.6 Å². The average molecular weight is 328 g/mol. The fourth-order valence-electron chi connectivity index (χ4n) is 1.91. The van der Waals surface area contributed by atoms with Gasteiger partial charge in [0.25, 0.3) is 0 Å². The maximum absolute atomic E-state index is 5.87. The average Bonchev–Trinajstić information content (AvgIpc) is 3.05. The van der Waals surface area contributed by atoms with Gasteiger partial charge in [0.2, 0.25) is 5.13 Å². The molecule has 0 aliphatic heterocycles. The second-order valence-corrected chi connectivity index (χ2v) is 5.97. The number of thiazole rings is 1. The lowest BCUT2D eigenvalue weighted by Crippen LogP contribution is -2.08. The normalized spacial score (nSPS) is 11.0. The summed E-state index contributed by atoms with van der Waals surface area (Å²) >= 11 is 7.44. The molecule has 0 amide bonds. The highest BCUT2D eigenvalue weighted by molar-refractivity contribution is 7.14. The summed E-state index contributed by atoms with van der Waals surface area (Å²) in [4.78, 5) is 4.62. The van der Waals surface area contributed by atoms with Gasteiger partial charge in [0.05, 0.1) is 11.9 Å². The molecule has 0 saturated heterocycles. The van der Waals surface area contributed by atoms with Crippen LogP contribution in [0, 0.1) is 0 Å². The predicted molar refractivity (Wildman–Crippen MR) is 95.0 cm³/mol. The Morgan fingerprint density at radius 3 is 2.55 bits per heavy atom. The highest BCUT2D eigenvalue weighted by Gasteiger charge is 2.07. The monoisotopic (exact) mass is 327 g/mol. The van der Waals surface area contributed by atoms with Crippen LogP contribution in [-0.2, 0) is 0 Å². The highest BCUT2D eigenvalue weighted by Crippen LogP contribution is 2.26. The van der Waals surface area contributed by atoms with Crippen LogP contribution in [0.2, 0.25) is 5.02 Å². The summed E-state index contributed by atoms with van der Waals surface area (Å²) < 4.78 is 0. The van der Waals surface area contributed by atoms with Crippen molar-refractivity contribution in [3.63, 3.8) is 0 Å². The van der Waals surface area contributed by atoms with Gasteiger partial charge < -0.3 is 0 Å². The molecule has 0 saturated carbocycles. The number of benzene rings is 2. The van der Waals surface area contributed by atoms with Crippen molar-refractivity contribution < 1.29 is 0 Å². The number of rotatable bonds is 4. The summed E-state index contributed by atoms with van der Waals surface area (Å²) in [5.41, 5.74) is 3.07. The predicted octanol–water partition coefficient (Wildman–Crippen LogP) is 4.93. The summed E-state index contributed by atoms with van der Waals surface area (Å²) in [6.45, 7) is 0. The van der Waals surface area contributed by atoms with E-state index in [1.807, 2.05) is 54.9 Å². The first-order valence-corrected chi connectivity index (χ1v) is 8.02. The van der Waals surface area contributed by atoms with E-state index < -0.39 is 0 Å². The van der Waals surface area contributed by atoms with Crippen LogP contribution in [0.15, 0.2) is 65.1 Å². The molecule has 3 aromatic rings. The van der Waals surface area contributed by atoms with E-state index in [1.54, 1.807) is 22.6 Å². The first-order valence-electron chi connectivity index (χ1n) is 6.76. The molecule has 0 unspecified atom stereocenters. The van der Waals surface area contributed by atoms with Gasteiger partial charge >= 0.3 is 0 Å². The zero-order valence-electron chi connectivity index (χ0n) is 12.0. The van der Waals surface area contributed by atoms with Crippen LogP contribution in [0.25, 0.3) is 11.3 Å². The van der Waals surface area contributed by atoms with Crippen molar-refractivity contribution in [1.29, 1.82) is 0 Å². The molecule has 0 atom stereocenters. The molecule has 22 heavy (non-hydrogen) atoms. The van der Waals surface area contributed by atoms with Crippen LogP contribution in [-0.4, -0.2) is 18.2 Å². The Labute approximate surface area is 138 Å². The van der Waals surface area contributed by atoms with Gasteiger partial charge in [0.15, 0.2) is 0 Å². The van der Waals surface area contributed by atoms with Gasteiger partial charge in [-0.05, 0) is 17.7 Å². The molecule has 0 aliphatic carbocycles. The fraction of sp³-hybridized carbons (Fsp3) is 0.0588. The summed E-state index contributed by atoms with van der Waals surface area (Å²) in [6, 6.07) is 17.7. The molecule has 5 heteroatoms. The molecule has 2 aromatic carbocycles. The molecular formula is C17H14ClN3S. The van der Waals surface area contributed by atoms with Gasteiger partial charge in [0, 0.05) is 23.0 Å². The van der Waals surface area contributed by atoms with Crippen molar-refractivity contribution in [2.24, 2.45) is 5.10 Å². The van der Waals surface area contributed by atoms with E-state index >= 15 is 0 Å². The summed E-state index contributed by atoms with van der Waals surface area (Å²) in [7, 11) is 1.89. The quantitative estimate of drug-likeness (QED) is 0.502. The Hall–Kier alpha value is -2.17. The van der Waals surface area contributed by atoms with Crippen molar-refractivity contribution in [1.82, 2.24) is 4.98 Å². The highest BCUT2D eigenvalue weighted by atomic mass is 35.5. The largest absolute Gasteiger partial charge is 0.242 e. The molecule has 3 nitrogen and oxygen atoms in total. The third kappa shape index (κ3) is 3.53. The van der Waals surface area contributed by atoms with Crippen molar-refractivity contribution in [3.8, 4) is 11.3 Å². The molecule has 1 heterocycles. The summed E-state index contributed by atoms with van der Waals surface area (Å²) in [5.74, 6) is 0. The van der Waals surface area contributed by atoms with E-state index in [2.05, 4.69) is 22.2 Å². The zero-order valence-corrected chi connectivity index (χ0v) is 13.6. The molecule has 0 bridgehead atoms. The molecule has 3 rings (SSSR count). The first-order chi connectivity index (χ1) is 10.7. The van der Waals surface area contributed by atoms with Crippen LogP contribution in [0.1, 0.15) is 5.56 Å². The number of nitrogens with zero attached hydrogens (tertiary/aromatic N) is 3. The lowest BCUT2D eigenvalue weighted by molar-refractivity contribution is 1.01. The number of aromatic nitrogens is 1. The maximum Gasteiger partial charge on any atom is 0.206 e. The Morgan fingerprint density at radius 1 is 1.09 bits per heavy atom. The Bertz CT molecular complexity index is 766. The van der Waals surface area contributed by atoms with Gasteiger partial charge in [-0.3, -0.25) is 0 Å². The number of hydrazone groups is 1. The second-order valence-electron chi connectivity index (χ2n) is 4.70. The molecule has 110 valence electrons. The summed E-state index contributed by atoms with van der Waals surface area (Å²) in [5, 5.41) is 9.80. The molecule has 0 radical (unpaired) electrons. The maximum atomic E-state index is 5.87. The topological polar surface area (TPSA) is 28.5 Å². The zero-order chi connectivity index (χ0) is 15.4. The SMILES string of the molecule is CN(N=Cc1ccc(Cl)cc1)c1nc(-c2ccccc2)cs1. The molecule has 0 spiro atoms. The van der Waals surface area contributed by atoms with Gasteiger partial charge in [-0.1, -0.05) is 54.1 Å². The summed E-state index contributed by atoms with van der Waals surface area (Å²) in [6.07, 6.45) is 1.79. The Morgan fingerprint density at radius 2 is 1.82 bits per heavy atom. The van der Waals surface area contributed by atoms with E-state index in [9.17, 15) is 0 Å². The second kappa shape index (κ2) is 6.73. The van der Waals surface area contributed by atoms with Crippen LogP contribution in [0.3, 0.4) is 0 Å². The van der Waals surface area contributed by atoms with E-state index in [4.69, 9.17) is 11.6 Å². The standard InChI is InChI=1S/C17H14ClN3S/c1-21(19-11-13-7-9-15(18)10-8-13)17-20-16(12-22-17)14-5-3-2-4-6-14/h2-12H,1H3. The first kappa shape index (κ1) is 14.8. The van der Waals surface area contributed by atoms with Crippen LogP contribution in [0.4, 0.5) is 5.13 Å². The van der Waals surface area contributed by atoms with Gasteiger partial charge in [-0.2, -0.15) is 5.10 Å². The number of hydrogen-bond donors (Lipinski definition) is 0. The van der Waals surface area contributed by atoms with E-state index in [-0.39, 0.29) is 0 Å². The third-order valence-corrected chi connectivity index (χ3v) is 4.25. The van der Waals surface area contributed by atoms with Crippen LogP contribution in [0.5, 0.6) is 0 Å². The molecule has 0 aliphatic rings. The van der Waals surface area contributed by atoms with Gasteiger partial charge in [-0.15, -0.1) is 11.3 Å². The van der Waals surface area contributed by atoms with Gasteiger partial charge in [-0.25, -0.2) is 9.99 Å². The number of hydrogen-bond acceptors (Lipinski definition) is 4.